The minimum atomic E-state index is -0.942. The standard InChI is InChI=1S/C24H25FN4O4/c1-15-6-4-5-13-24(15)22(32)29(23(33)28-24)14-20(30)27-19-8-3-2-7-18(19)21(31)26-17-11-9-16(25)10-12-17/h2-3,7-12,15H,4-6,13-14H2,1H3,(H,26,31)(H,27,30)(H,28,33)/t15-,24+/m0/s1. The molecule has 1 aliphatic carbocycles. The number of carbonyl (C=O) groups excluding carboxylic acids is 4. The lowest BCUT2D eigenvalue weighted by atomic mass is 9.73. The number of halogens is 1. The van der Waals surface area contributed by atoms with E-state index in [1.54, 1.807) is 18.2 Å². The fraction of sp³-hybridized carbons (Fsp3) is 0.333. The zero-order chi connectivity index (χ0) is 23.6. The number of nitrogens with zero attached hydrogens (tertiary/aromatic N) is 1. The van der Waals surface area contributed by atoms with E-state index in [0.29, 0.717) is 12.1 Å². The number of anilines is 2. The molecule has 1 saturated heterocycles. The van der Waals surface area contributed by atoms with Gasteiger partial charge in [0, 0.05) is 5.69 Å². The number of amides is 5. The molecule has 172 valence electrons. The summed E-state index contributed by atoms with van der Waals surface area (Å²) in [6.45, 7) is 1.49. The second-order valence-corrected chi connectivity index (χ2v) is 8.49. The van der Waals surface area contributed by atoms with Crippen molar-refractivity contribution in [1.29, 1.82) is 0 Å². The number of rotatable bonds is 5. The number of urea groups is 1. The van der Waals surface area contributed by atoms with E-state index in [-0.39, 0.29) is 23.1 Å². The molecule has 2 atom stereocenters. The molecule has 5 amide bonds. The second kappa shape index (κ2) is 9.01. The summed E-state index contributed by atoms with van der Waals surface area (Å²) in [7, 11) is 0. The van der Waals surface area contributed by atoms with Gasteiger partial charge < -0.3 is 16.0 Å². The maximum Gasteiger partial charge on any atom is 0.325 e. The molecule has 0 unspecified atom stereocenters. The molecule has 0 aromatic heterocycles. The van der Waals surface area contributed by atoms with Crippen molar-refractivity contribution in [2.24, 2.45) is 5.92 Å². The lowest BCUT2D eigenvalue weighted by Gasteiger charge is -2.36. The first-order chi connectivity index (χ1) is 15.8. The van der Waals surface area contributed by atoms with Crippen LogP contribution < -0.4 is 16.0 Å². The van der Waals surface area contributed by atoms with Crippen LogP contribution in [-0.4, -0.2) is 40.7 Å². The van der Waals surface area contributed by atoms with Crippen LogP contribution in [0.4, 0.5) is 20.6 Å². The predicted octanol–water partition coefficient (Wildman–Crippen LogP) is 3.52. The first kappa shape index (κ1) is 22.4. The minimum absolute atomic E-state index is 0.00774. The number of hydrogen-bond donors (Lipinski definition) is 3. The maximum atomic E-state index is 13.1. The summed E-state index contributed by atoms with van der Waals surface area (Å²) in [4.78, 5) is 52.0. The third kappa shape index (κ3) is 4.44. The molecule has 4 rings (SSSR count). The van der Waals surface area contributed by atoms with Gasteiger partial charge in [-0.15, -0.1) is 0 Å². The maximum absolute atomic E-state index is 13.1. The van der Waals surface area contributed by atoms with Crippen LogP contribution in [-0.2, 0) is 9.59 Å². The van der Waals surface area contributed by atoms with E-state index in [1.807, 2.05) is 6.92 Å². The molecule has 1 heterocycles. The van der Waals surface area contributed by atoms with Gasteiger partial charge in [0.05, 0.1) is 11.3 Å². The number of imide groups is 1. The molecule has 2 aromatic carbocycles. The molecule has 3 N–H and O–H groups in total. The molecular formula is C24H25FN4O4. The first-order valence-electron chi connectivity index (χ1n) is 10.9. The fourth-order valence-electron chi connectivity index (χ4n) is 4.49. The third-order valence-electron chi connectivity index (χ3n) is 6.35. The average molecular weight is 452 g/mol. The van der Waals surface area contributed by atoms with Crippen LogP contribution >= 0.6 is 0 Å². The Morgan fingerprint density at radius 3 is 2.55 bits per heavy atom. The van der Waals surface area contributed by atoms with E-state index in [1.165, 1.54) is 30.3 Å². The summed E-state index contributed by atoms with van der Waals surface area (Å²) in [5, 5.41) is 8.08. The number of benzene rings is 2. The zero-order valence-electron chi connectivity index (χ0n) is 18.2. The Hall–Kier alpha value is -3.75. The smallest absolute Gasteiger partial charge is 0.324 e. The highest BCUT2D eigenvalue weighted by atomic mass is 19.1. The quantitative estimate of drug-likeness (QED) is 0.604. The van der Waals surface area contributed by atoms with Gasteiger partial charge in [-0.1, -0.05) is 31.9 Å². The molecular weight excluding hydrogens is 427 g/mol. The summed E-state index contributed by atoms with van der Waals surface area (Å²) >= 11 is 0. The van der Waals surface area contributed by atoms with Crippen molar-refractivity contribution in [3.8, 4) is 0 Å². The SMILES string of the molecule is C[C@H]1CCCC[C@@]12NC(=O)N(CC(=O)Nc1ccccc1C(=O)Nc1ccc(F)cc1)C2=O. The van der Waals surface area contributed by atoms with Crippen LogP contribution in [0.5, 0.6) is 0 Å². The van der Waals surface area contributed by atoms with Gasteiger partial charge in [0.25, 0.3) is 11.8 Å². The van der Waals surface area contributed by atoms with Gasteiger partial charge in [0.2, 0.25) is 5.91 Å². The Bertz CT molecular complexity index is 1100. The van der Waals surface area contributed by atoms with E-state index >= 15 is 0 Å². The summed E-state index contributed by atoms with van der Waals surface area (Å²) in [5.74, 6) is -1.90. The van der Waals surface area contributed by atoms with E-state index in [4.69, 9.17) is 0 Å². The largest absolute Gasteiger partial charge is 0.325 e. The number of carbonyl (C=O) groups is 4. The molecule has 1 saturated carbocycles. The van der Waals surface area contributed by atoms with Gasteiger partial charge in [-0.2, -0.15) is 0 Å². The molecule has 2 aromatic rings. The van der Waals surface area contributed by atoms with Gasteiger partial charge in [-0.25, -0.2) is 9.18 Å². The highest BCUT2D eigenvalue weighted by Crippen LogP contribution is 2.38. The molecule has 0 bridgehead atoms. The van der Waals surface area contributed by atoms with Crippen molar-refractivity contribution in [2.45, 2.75) is 38.1 Å². The van der Waals surface area contributed by atoms with E-state index in [2.05, 4.69) is 16.0 Å². The van der Waals surface area contributed by atoms with E-state index in [9.17, 15) is 23.6 Å². The first-order valence-corrected chi connectivity index (χ1v) is 10.9. The van der Waals surface area contributed by atoms with E-state index in [0.717, 1.165) is 24.2 Å². The minimum Gasteiger partial charge on any atom is -0.324 e. The Kier molecular flexibility index (Phi) is 6.13. The Balaban J connectivity index is 1.45. The van der Waals surface area contributed by atoms with Crippen molar-refractivity contribution >= 4 is 35.1 Å². The monoisotopic (exact) mass is 452 g/mol. The molecule has 8 nitrogen and oxygen atoms in total. The van der Waals surface area contributed by atoms with Crippen LogP contribution in [0, 0.1) is 11.7 Å². The number of hydrogen-bond acceptors (Lipinski definition) is 4. The molecule has 2 aliphatic rings. The average Bonchev–Trinajstić information content (AvgIpc) is 3.02. The van der Waals surface area contributed by atoms with E-state index < -0.39 is 35.7 Å². The lowest BCUT2D eigenvalue weighted by molar-refractivity contribution is -0.136. The molecule has 33 heavy (non-hydrogen) atoms. The topological polar surface area (TPSA) is 108 Å². The second-order valence-electron chi connectivity index (χ2n) is 8.49. The predicted molar refractivity (Wildman–Crippen MR) is 120 cm³/mol. The third-order valence-corrected chi connectivity index (χ3v) is 6.35. The summed E-state index contributed by atoms with van der Waals surface area (Å²) < 4.78 is 13.1. The normalized spacial score (nSPS) is 22.2. The summed E-state index contributed by atoms with van der Waals surface area (Å²) in [6.07, 6.45) is 3.24. The molecule has 1 aliphatic heterocycles. The van der Waals surface area contributed by atoms with Crippen molar-refractivity contribution in [3.05, 3.63) is 59.9 Å². The Labute approximate surface area is 190 Å². The van der Waals surface area contributed by atoms with Crippen LogP contribution in [0.15, 0.2) is 48.5 Å². The highest BCUT2D eigenvalue weighted by Gasteiger charge is 2.55. The summed E-state index contributed by atoms with van der Waals surface area (Å²) in [5.41, 5.74) is -0.129. The Morgan fingerprint density at radius 2 is 1.82 bits per heavy atom. The van der Waals surface area contributed by atoms with Gasteiger partial charge in [-0.05, 0) is 55.2 Å². The summed E-state index contributed by atoms with van der Waals surface area (Å²) in [6, 6.07) is 11.1. The van der Waals surface area contributed by atoms with Gasteiger partial charge in [0.1, 0.15) is 17.9 Å². The molecule has 9 heteroatoms. The highest BCUT2D eigenvalue weighted by molar-refractivity contribution is 6.12. The van der Waals surface area contributed by atoms with Crippen molar-refractivity contribution < 1.29 is 23.6 Å². The van der Waals surface area contributed by atoms with Crippen molar-refractivity contribution in [1.82, 2.24) is 10.2 Å². The molecule has 0 radical (unpaired) electrons. The Morgan fingerprint density at radius 1 is 1.09 bits per heavy atom. The van der Waals surface area contributed by atoms with Gasteiger partial charge in [-0.3, -0.25) is 19.3 Å². The fourth-order valence-corrected chi connectivity index (χ4v) is 4.49. The van der Waals surface area contributed by atoms with Crippen molar-refractivity contribution in [3.63, 3.8) is 0 Å². The zero-order valence-corrected chi connectivity index (χ0v) is 18.2. The van der Waals surface area contributed by atoms with Crippen LogP contribution in [0.3, 0.4) is 0 Å². The van der Waals surface area contributed by atoms with Crippen LogP contribution in [0.2, 0.25) is 0 Å². The lowest BCUT2D eigenvalue weighted by Crippen LogP contribution is -2.54. The van der Waals surface area contributed by atoms with Gasteiger partial charge >= 0.3 is 6.03 Å². The van der Waals surface area contributed by atoms with Crippen molar-refractivity contribution in [2.75, 3.05) is 17.2 Å². The number of nitrogens with one attached hydrogen (secondary N) is 3. The molecule has 2 fully saturated rings. The number of para-hydroxylation sites is 1. The van der Waals surface area contributed by atoms with Gasteiger partial charge in [0.15, 0.2) is 0 Å². The molecule has 1 spiro atoms. The van der Waals surface area contributed by atoms with Crippen LogP contribution in [0.25, 0.3) is 0 Å². The van der Waals surface area contributed by atoms with Crippen LogP contribution in [0.1, 0.15) is 43.0 Å².